The molecule has 1 aromatic heterocycles. The van der Waals surface area contributed by atoms with E-state index in [9.17, 15) is 14.9 Å². The second-order valence-electron chi connectivity index (χ2n) is 4.72. The number of aryl methyl sites for hydroxylation is 2. The number of rotatable bonds is 6. The third-order valence-corrected chi connectivity index (χ3v) is 3.01. The summed E-state index contributed by atoms with van der Waals surface area (Å²) in [6.45, 7) is 2.31. The molecule has 0 bridgehead atoms. The van der Waals surface area contributed by atoms with Crippen LogP contribution in [0.5, 0.6) is 5.75 Å². The maximum atomic E-state index is 11.9. The highest BCUT2D eigenvalue weighted by atomic mass is 16.6. The molecule has 0 aliphatic rings. The molecule has 0 unspecified atom stereocenters. The normalized spacial score (nSPS) is 10.3. The highest BCUT2D eigenvalue weighted by Gasteiger charge is 2.17. The summed E-state index contributed by atoms with van der Waals surface area (Å²) in [5.41, 5.74) is 0.946. The van der Waals surface area contributed by atoms with Crippen molar-refractivity contribution in [2.24, 2.45) is 0 Å². The molecule has 0 atom stereocenters. The van der Waals surface area contributed by atoms with Crippen LogP contribution in [0.1, 0.15) is 12.0 Å². The molecule has 8 heteroatoms. The molecular formula is C14H16N4O4. The Kier molecular flexibility index (Phi) is 4.72. The second kappa shape index (κ2) is 6.70. The molecule has 0 spiro atoms. The Hall–Kier alpha value is -2.90. The van der Waals surface area contributed by atoms with Crippen LogP contribution in [-0.2, 0) is 11.3 Å². The summed E-state index contributed by atoms with van der Waals surface area (Å²) in [5, 5.41) is 17.7. The zero-order valence-corrected chi connectivity index (χ0v) is 12.3. The van der Waals surface area contributed by atoms with E-state index in [4.69, 9.17) is 4.74 Å². The predicted octanol–water partition coefficient (Wildman–Crippen LogP) is 2.14. The van der Waals surface area contributed by atoms with Gasteiger partial charge in [-0.05, 0) is 24.6 Å². The van der Waals surface area contributed by atoms with E-state index in [1.165, 1.54) is 19.2 Å². The van der Waals surface area contributed by atoms with Gasteiger partial charge in [-0.25, -0.2) is 0 Å². The van der Waals surface area contributed by atoms with Crippen LogP contribution in [0.4, 0.5) is 11.4 Å². The zero-order chi connectivity index (χ0) is 16.1. The van der Waals surface area contributed by atoms with Crippen molar-refractivity contribution >= 4 is 17.3 Å². The van der Waals surface area contributed by atoms with Gasteiger partial charge in [0, 0.05) is 19.2 Å². The van der Waals surface area contributed by atoms with E-state index in [1.54, 1.807) is 16.9 Å². The summed E-state index contributed by atoms with van der Waals surface area (Å²) in [6.07, 6.45) is 3.69. The van der Waals surface area contributed by atoms with Crippen LogP contribution in [-0.4, -0.2) is 27.7 Å². The largest absolute Gasteiger partial charge is 0.496 e. The van der Waals surface area contributed by atoms with Gasteiger partial charge in [0.1, 0.15) is 11.4 Å². The monoisotopic (exact) mass is 304 g/mol. The van der Waals surface area contributed by atoms with Crippen molar-refractivity contribution in [1.82, 2.24) is 9.78 Å². The van der Waals surface area contributed by atoms with E-state index in [-0.39, 0.29) is 23.7 Å². The summed E-state index contributed by atoms with van der Waals surface area (Å²) in [5.74, 6) is 0.0399. The summed E-state index contributed by atoms with van der Waals surface area (Å²) < 4.78 is 6.59. The van der Waals surface area contributed by atoms with Crippen LogP contribution < -0.4 is 10.1 Å². The van der Waals surface area contributed by atoms with Crippen molar-refractivity contribution in [2.45, 2.75) is 19.9 Å². The number of anilines is 1. The van der Waals surface area contributed by atoms with Gasteiger partial charge in [0.25, 0.3) is 5.69 Å². The van der Waals surface area contributed by atoms with Gasteiger partial charge < -0.3 is 10.1 Å². The number of nitro benzene ring substituents is 1. The molecule has 1 heterocycles. The van der Waals surface area contributed by atoms with Crippen LogP contribution in [0.25, 0.3) is 0 Å². The Morgan fingerprint density at radius 3 is 2.86 bits per heavy atom. The lowest BCUT2D eigenvalue weighted by Gasteiger charge is -2.07. The smallest absolute Gasteiger partial charge is 0.296 e. The molecule has 0 saturated carbocycles. The minimum Gasteiger partial charge on any atom is -0.496 e. The molecule has 116 valence electrons. The number of carbonyl (C=O) groups is 1. The molecular weight excluding hydrogens is 288 g/mol. The van der Waals surface area contributed by atoms with Gasteiger partial charge in [-0.1, -0.05) is 0 Å². The molecule has 2 rings (SSSR count). The lowest BCUT2D eigenvalue weighted by molar-refractivity contribution is -0.384. The quantitative estimate of drug-likeness (QED) is 0.651. The molecule has 1 aromatic carbocycles. The van der Waals surface area contributed by atoms with Crippen LogP contribution in [0, 0.1) is 17.0 Å². The number of ether oxygens (including phenoxy) is 1. The molecule has 0 aliphatic carbocycles. The second-order valence-corrected chi connectivity index (χ2v) is 4.72. The Labute approximate surface area is 126 Å². The minimum atomic E-state index is -0.561. The van der Waals surface area contributed by atoms with Crippen LogP contribution in [0.3, 0.4) is 0 Å². The fraction of sp³-hybridized carbons (Fsp3) is 0.286. The van der Waals surface area contributed by atoms with Crippen molar-refractivity contribution in [2.75, 3.05) is 12.4 Å². The Morgan fingerprint density at radius 1 is 1.50 bits per heavy atom. The SMILES string of the molecule is COc1ccc(NC(=O)CCn2cc(C)cn2)c([N+](=O)[O-])c1. The maximum Gasteiger partial charge on any atom is 0.296 e. The number of methoxy groups -OCH3 is 1. The molecule has 0 fully saturated rings. The van der Waals surface area contributed by atoms with Crippen molar-refractivity contribution in [3.05, 3.63) is 46.3 Å². The number of aromatic nitrogens is 2. The van der Waals surface area contributed by atoms with Gasteiger partial charge in [-0.3, -0.25) is 19.6 Å². The van der Waals surface area contributed by atoms with E-state index in [0.717, 1.165) is 5.56 Å². The number of nitrogens with zero attached hydrogens (tertiary/aromatic N) is 3. The number of hydrogen-bond acceptors (Lipinski definition) is 5. The summed E-state index contributed by atoms with van der Waals surface area (Å²) in [6, 6.07) is 4.28. The summed E-state index contributed by atoms with van der Waals surface area (Å²) >= 11 is 0. The number of amides is 1. The minimum absolute atomic E-state index is 0.146. The number of carbonyl (C=O) groups excluding carboxylic acids is 1. The number of hydrogen-bond donors (Lipinski definition) is 1. The van der Waals surface area contributed by atoms with Crippen molar-refractivity contribution < 1.29 is 14.5 Å². The van der Waals surface area contributed by atoms with Crippen LogP contribution >= 0.6 is 0 Å². The Balaban J connectivity index is 2.03. The first-order valence-electron chi connectivity index (χ1n) is 6.61. The molecule has 2 aromatic rings. The first-order valence-corrected chi connectivity index (χ1v) is 6.61. The van der Waals surface area contributed by atoms with Gasteiger partial charge in [0.2, 0.25) is 5.91 Å². The molecule has 0 aliphatic heterocycles. The first kappa shape index (κ1) is 15.5. The Morgan fingerprint density at radius 2 is 2.27 bits per heavy atom. The van der Waals surface area contributed by atoms with E-state index in [2.05, 4.69) is 10.4 Å². The maximum absolute atomic E-state index is 11.9. The van der Waals surface area contributed by atoms with Gasteiger partial charge >= 0.3 is 0 Å². The van der Waals surface area contributed by atoms with E-state index < -0.39 is 4.92 Å². The average Bonchev–Trinajstić information content (AvgIpc) is 2.91. The first-order chi connectivity index (χ1) is 10.5. The fourth-order valence-electron chi connectivity index (χ4n) is 1.91. The van der Waals surface area contributed by atoms with Crippen LogP contribution in [0.15, 0.2) is 30.6 Å². The molecule has 22 heavy (non-hydrogen) atoms. The van der Waals surface area contributed by atoms with Gasteiger partial charge in [-0.15, -0.1) is 0 Å². The van der Waals surface area contributed by atoms with Crippen LogP contribution in [0.2, 0.25) is 0 Å². The predicted molar refractivity (Wildman–Crippen MR) is 79.9 cm³/mol. The fourth-order valence-corrected chi connectivity index (χ4v) is 1.91. The van der Waals surface area contributed by atoms with Gasteiger partial charge in [-0.2, -0.15) is 5.10 Å². The summed E-state index contributed by atoms with van der Waals surface area (Å²) in [4.78, 5) is 22.4. The highest BCUT2D eigenvalue weighted by molar-refractivity contribution is 5.93. The van der Waals surface area contributed by atoms with Gasteiger partial charge in [0.05, 0.1) is 24.3 Å². The average molecular weight is 304 g/mol. The lowest BCUT2D eigenvalue weighted by Crippen LogP contribution is -2.15. The summed E-state index contributed by atoms with van der Waals surface area (Å²) in [7, 11) is 1.42. The van der Waals surface area contributed by atoms with E-state index in [1.807, 2.05) is 13.1 Å². The van der Waals surface area contributed by atoms with Crippen molar-refractivity contribution in [3.8, 4) is 5.75 Å². The topological polar surface area (TPSA) is 99.3 Å². The van der Waals surface area contributed by atoms with E-state index in [0.29, 0.717) is 12.3 Å². The lowest BCUT2D eigenvalue weighted by atomic mass is 10.2. The third-order valence-electron chi connectivity index (χ3n) is 3.01. The molecule has 1 N–H and O–H groups in total. The van der Waals surface area contributed by atoms with Crippen molar-refractivity contribution in [1.29, 1.82) is 0 Å². The standard InChI is InChI=1S/C14H16N4O4/c1-10-8-15-17(9-10)6-5-14(19)16-12-4-3-11(22-2)7-13(12)18(20)21/h3-4,7-9H,5-6H2,1-2H3,(H,16,19). The third kappa shape index (κ3) is 3.81. The zero-order valence-electron chi connectivity index (χ0n) is 12.3. The molecule has 1 amide bonds. The highest BCUT2D eigenvalue weighted by Crippen LogP contribution is 2.28. The Bertz CT molecular complexity index is 696. The number of nitrogens with one attached hydrogen (secondary N) is 1. The van der Waals surface area contributed by atoms with Gasteiger partial charge in [0.15, 0.2) is 0 Å². The molecule has 0 radical (unpaired) electrons. The molecule has 8 nitrogen and oxygen atoms in total. The number of nitro groups is 1. The van der Waals surface area contributed by atoms with Crippen molar-refractivity contribution in [3.63, 3.8) is 0 Å². The number of benzene rings is 1. The molecule has 0 saturated heterocycles. The van der Waals surface area contributed by atoms with E-state index >= 15 is 0 Å².